The number of alkyl halides is 1. The first-order chi connectivity index (χ1) is 13.7. The van der Waals surface area contributed by atoms with Crippen LogP contribution in [-0.2, 0) is 5.79 Å². The number of nitrogens with zero attached hydrogens (tertiary/aromatic N) is 2. The molecule has 6 nitrogen and oxygen atoms in total. The molecule has 29 heavy (non-hydrogen) atoms. The van der Waals surface area contributed by atoms with Crippen LogP contribution in [0.25, 0.3) is 10.9 Å². The van der Waals surface area contributed by atoms with Crippen molar-refractivity contribution in [3.63, 3.8) is 0 Å². The number of hydrogen-bond donors (Lipinski definition) is 2. The predicted molar refractivity (Wildman–Crippen MR) is 102 cm³/mol. The maximum absolute atomic E-state index is 15.7. The summed E-state index contributed by atoms with van der Waals surface area (Å²) in [6, 6.07) is 2.11. The summed E-state index contributed by atoms with van der Waals surface area (Å²) in [5.74, 6) is -5.23. The number of carbonyl (C=O) groups is 1. The third-order valence-corrected chi connectivity index (χ3v) is 5.35. The Bertz CT molecular complexity index is 1140. The van der Waals surface area contributed by atoms with Gasteiger partial charge >= 0.3 is 5.97 Å². The molecule has 2 atom stereocenters. The maximum atomic E-state index is 15.7. The predicted octanol–water partition coefficient (Wildman–Crippen LogP) is 2.81. The van der Waals surface area contributed by atoms with Gasteiger partial charge in [0.2, 0.25) is 11.2 Å². The highest BCUT2D eigenvalue weighted by Crippen LogP contribution is 2.35. The van der Waals surface area contributed by atoms with Crippen LogP contribution in [0.1, 0.15) is 23.2 Å². The number of rotatable bonds is 3. The van der Waals surface area contributed by atoms with Crippen molar-refractivity contribution in [2.45, 2.75) is 24.7 Å². The zero-order valence-corrected chi connectivity index (χ0v) is 15.2. The van der Waals surface area contributed by atoms with E-state index in [9.17, 15) is 23.5 Å². The van der Waals surface area contributed by atoms with E-state index in [-0.39, 0.29) is 22.6 Å². The highest BCUT2D eigenvalue weighted by molar-refractivity contribution is 5.93. The fraction of sp³-hybridized carbons (Fsp3) is 0.300. The topological polar surface area (TPSA) is 88.6 Å². The molecule has 0 saturated carbocycles. The van der Waals surface area contributed by atoms with Crippen molar-refractivity contribution in [3.8, 4) is 0 Å². The van der Waals surface area contributed by atoms with E-state index >= 15 is 4.39 Å². The second-order valence-electron chi connectivity index (χ2n) is 7.31. The monoisotopic (exact) mass is 405 g/mol. The lowest BCUT2D eigenvalue weighted by molar-refractivity contribution is 0.0692. The Morgan fingerprint density at radius 1 is 1.31 bits per heavy atom. The van der Waals surface area contributed by atoms with Crippen LogP contribution in [0.15, 0.2) is 47.2 Å². The van der Waals surface area contributed by atoms with Crippen molar-refractivity contribution in [2.75, 3.05) is 18.0 Å². The lowest BCUT2D eigenvalue weighted by Crippen LogP contribution is -2.31. The molecule has 0 radical (unpaired) electrons. The van der Waals surface area contributed by atoms with E-state index in [0.29, 0.717) is 19.5 Å². The molecule has 2 unspecified atom stereocenters. The largest absolute Gasteiger partial charge is 0.477 e. The Morgan fingerprint density at radius 3 is 2.66 bits per heavy atom. The first-order valence-electron chi connectivity index (χ1n) is 9.06. The van der Waals surface area contributed by atoms with Crippen molar-refractivity contribution in [2.24, 2.45) is 5.73 Å². The summed E-state index contributed by atoms with van der Waals surface area (Å²) in [5.41, 5.74) is 4.43. The summed E-state index contributed by atoms with van der Waals surface area (Å²) >= 11 is 0. The minimum atomic E-state index is -2.32. The van der Waals surface area contributed by atoms with Gasteiger partial charge in [0.1, 0.15) is 17.2 Å². The van der Waals surface area contributed by atoms with E-state index in [0.717, 1.165) is 35.1 Å². The van der Waals surface area contributed by atoms with E-state index in [1.165, 1.54) is 6.07 Å². The first-order valence-corrected chi connectivity index (χ1v) is 9.06. The Kier molecular flexibility index (Phi) is 4.49. The quantitative estimate of drug-likeness (QED) is 0.820. The molecule has 1 fully saturated rings. The molecule has 1 aromatic carbocycles. The van der Waals surface area contributed by atoms with E-state index in [4.69, 9.17) is 5.73 Å². The van der Waals surface area contributed by atoms with Crippen LogP contribution in [-0.4, -0.2) is 34.8 Å². The van der Waals surface area contributed by atoms with E-state index in [1.807, 2.05) is 0 Å². The van der Waals surface area contributed by atoms with E-state index < -0.39 is 40.8 Å². The third-order valence-electron chi connectivity index (χ3n) is 5.35. The van der Waals surface area contributed by atoms with Crippen LogP contribution in [0, 0.1) is 5.82 Å². The highest BCUT2D eigenvalue weighted by Gasteiger charge is 2.33. The Labute approximate surface area is 163 Å². The smallest absolute Gasteiger partial charge is 0.341 e. The average Bonchev–Trinajstić information content (AvgIpc) is 3.10. The molecule has 2 aromatic rings. The highest BCUT2D eigenvalue weighted by atomic mass is 19.1. The van der Waals surface area contributed by atoms with Crippen molar-refractivity contribution in [1.29, 1.82) is 0 Å². The number of carboxylic acids is 1. The molecule has 9 heteroatoms. The number of aromatic nitrogens is 1. The molecule has 0 bridgehead atoms. The molecular formula is C20H18F3N3O3. The third kappa shape index (κ3) is 3.21. The minimum Gasteiger partial charge on any atom is -0.477 e. The van der Waals surface area contributed by atoms with Crippen molar-refractivity contribution in [1.82, 2.24) is 4.57 Å². The minimum absolute atomic E-state index is 0.0136. The molecule has 4 rings (SSSR count). The number of allylic oxidation sites excluding steroid dienone is 4. The molecule has 0 spiro atoms. The molecule has 1 aliphatic heterocycles. The number of pyridine rings is 1. The number of carboxylic acid groups (broad SMARTS) is 1. The standard InChI is InChI=1S/C20H18F3N3O3/c21-11-1-4-20(23,5-2-11)26-10-14(19(28)29)18(27)13-7-15(22)17(8-16(13)26)25-6-3-12(24)9-25/h1-2,4,7-8,10,12H,3,5-6,9,24H2,(H,28,29). The van der Waals surface area contributed by atoms with Gasteiger partial charge in [0.05, 0.1) is 11.2 Å². The van der Waals surface area contributed by atoms with Crippen LogP contribution < -0.4 is 16.1 Å². The number of nitrogens with two attached hydrogens (primary N) is 1. The molecule has 2 aliphatic rings. The molecule has 0 amide bonds. The molecule has 3 N–H and O–H groups in total. The van der Waals surface area contributed by atoms with Gasteiger partial charge in [-0.1, -0.05) is 0 Å². The molecule has 1 aliphatic carbocycles. The molecule has 152 valence electrons. The van der Waals surface area contributed by atoms with E-state index in [2.05, 4.69) is 0 Å². The number of aromatic carboxylic acids is 1. The Hall–Kier alpha value is -3.07. The zero-order valence-electron chi connectivity index (χ0n) is 15.2. The Morgan fingerprint density at radius 2 is 2.07 bits per heavy atom. The summed E-state index contributed by atoms with van der Waals surface area (Å²) in [4.78, 5) is 25.8. The normalized spacial score (nSPS) is 24.2. The van der Waals surface area contributed by atoms with Gasteiger partial charge in [-0.15, -0.1) is 0 Å². The van der Waals surface area contributed by atoms with Crippen molar-refractivity contribution < 1.29 is 23.1 Å². The lowest BCUT2D eigenvalue weighted by Gasteiger charge is -2.29. The van der Waals surface area contributed by atoms with Gasteiger partial charge in [-0.25, -0.2) is 18.0 Å². The Balaban J connectivity index is 2.00. The van der Waals surface area contributed by atoms with Crippen molar-refractivity contribution >= 4 is 22.6 Å². The lowest BCUT2D eigenvalue weighted by atomic mass is 10.0. The second-order valence-corrected chi connectivity index (χ2v) is 7.31. The van der Waals surface area contributed by atoms with Gasteiger partial charge in [0.15, 0.2) is 0 Å². The molecule has 2 heterocycles. The maximum Gasteiger partial charge on any atom is 0.341 e. The number of fused-ring (bicyclic) bond motifs is 1. The fourth-order valence-corrected chi connectivity index (χ4v) is 3.81. The van der Waals surface area contributed by atoms with Gasteiger partial charge < -0.3 is 20.3 Å². The van der Waals surface area contributed by atoms with Gasteiger partial charge in [-0.05, 0) is 36.8 Å². The molecule has 1 saturated heterocycles. The van der Waals surface area contributed by atoms with Crippen LogP contribution in [0.5, 0.6) is 0 Å². The SMILES string of the molecule is NC1CCN(c2cc3c(cc2F)c(=O)c(C(=O)O)cn3C2(F)C=CC(F)=CC2)C1. The second kappa shape index (κ2) is 6.77. The first kappa shape index (κ1) is 19.3. The molecule has 1 aromatic heterocycles. The van der Waals surface area contributed by atoms with Gasteiger partial charge in [-0.3, -0.25) is 4.79 Å². The molecular weight excluding hydrogens is 387 g/mol. The van der Waals surface area contributed by atoms with Gasteiger partial charge in [0.25, 0.3) is 0 Å². The van der Waals surface area contributed by atoms with Crippen LogP contribution in [0.4, 0.5) is 18.9 Å². The number of hydrogen-bond acceptors (Lipinski definition) is 4. The summed E-state index contributed by atoms with van der Waals surface area (Å²) < 4.78 is 44.8. The van der Waals surface area contributed by atoms with E-state index in [1.54, 1.807) is 4.90 Å². The number of benzene rings is 1. The summed E-state index contributed by atoms with van der Waals surface area (Å²) in [6.45, 7) is 0.893. The van der Waals surface area contributed by atoms with Gasteiger partial charge in [-0.2, -0.15) is 0 Å². The number of halogens is 3. The van der Waals surface area contributed by atoms with Crippen LogP contribution >= 0.6 is 0 Å². The summed E-state index contributed by atoms with van der Waals surface area (Å²) in [7, 11) is 0. The van der Waals surface area contributed by atoms with Gasteiger partial charge in [0, 0.05) is 37.1 Å². The zero-order chi connectivity index (χ0) is 20.9. The van der Waals surface area contributed by atoms with Crippen molar-refractivity contribution in [3.05, 3.63) is 64.0 Å². The fourth-order valence-electron chi connectivity index (χ4n) is 3.81. The number of anilines is 1. The van der Waals surface area contributed by atoms with Crippen LogP contribution in [0.2, 0.25) is 0 Å². The summed E-state index contributed by atoms with van der Waals surface area (Å²) in [5, 5.41) is 9.09. The average molecular weight is 405 g/mol. The van der Waals surface area contributed by atoms with Crippen LogP contribution in [0.3, 0.4) is 0 Å². The summed E-state index contributed by atoms with van der Waals surface area (Å²) in [6.07, 6.45) is 4.03.